The minimum absolute atomic E-state index is 0.281. The standard InChI is InChI=1S/C19H17NO.2ClH.Ti/c1-13-6-5-7-14(2)18(13)20-12-16-11-10-15-8-3-4-9-17(15)19(16)21;;;/h3-12,21H,1-2H3;2*1H;/q;;;+2/p-2. The number of phenolic OH excluding ortho intramolecular Hbond substituents is 1. The number of fused-ring (bicyclic) bond motifs is 1. The molecule has 0 fully saturated rings. The zero-order valence-corrected chi connectivity index (χ0v) is 16.5. The maximum absolute atomic E-state index is 10.4. The van der Waals surface area contributed by atoms with Crippen molar-refractivity contribution < 1.29 is 22.1 Å². The quantitative estimate of drug-likeness (QED) is 0.402. The van der Waals surface area contributed by atoms with Gasteiger partial charge in [0.2, 0.25) is 0 Å². The van der Waals surface area contributed by atoms with Gasteiger partial charge in [0, 0.05) is 17.2 Å². The Hall–Kier alpha value is -1.32. The van der Waals surface area contributed by atoms with Crippen molar-refractivity contribution in [2.45, 2.75) is 13.8 Å². The van der Waals surface area contributed by atoms with Crippen LogP contribution in [0.3, 0.4) is 0 Å². The van der Waals surface area contributed by atoms with Gasteiger partial charge in [0.25, 0.3) is 0 Å². The van der Waals surface area contributed by atoms with Gasteiger partial charge < -0.3 is 5.11 Å². The van der Waals surface area contributed by atoms with Crippen LogP contribution in [0, 0.1) is 13.8 Å². The monoisotopic (exact) mass is 393 g/mol. The molecule has 3 aromatic rings. The molecule has 0 saturated heterocycles. The van der Waals surface area contributed by atoms with Crippen molar-refractivity contribution in [1.29, 1.82) is 0 Å². The van der Waals surface area contributed by atoms with Crippen molar-refractivity contribution in [3.8, 4) is 5.75 Å². The van der Waals surface area contributed by atoms with Crippen LogP contribution in [0.5, 0.6) is 5.75 Å². The van der Waals surface area contributed by atoms with Gasteiger partial charge in [0.15, 0.2) is 0 Å². The molecule has 0 aromatic heterocycles. The van der Waals surface area contributed by atoms with Crippen LogP contribution in [0.25, 0.3) is 10.8 Å². The Bertz CT molecular complexity index is 845. The Labute approximate surface area is 158 Å². The molecule has 122 valence electrons. The van der Waals surface area contributed by atoms with Gasteiger partial charge in [-0.3, -0.25) is 4.99 Å². The third-order valence-corrected chi connectivity index (χ3v) is 3.70. The number of nitrogens with zero attached hydrogens (tertiary/aromatic N) is 1. The van der Waals surface area contributed by atoms with Gasteiger partial charge in [0.05, 0.1) is 5.69 Å². The number of halogens is 2. The molecule has 0 bridgehead atoms. The van der Waals surface area contributed by atoms with E-state index in [0.29, 0.717) is 0 Å². The summed E-state index contributed by atoms with van der Waals surface area (Å²) >= 11 is -0.556. The normalized spacial score (nSPS) is 10.5. The molecule has 1 N–H and O–H groups in total. The van der Waals surface area contributed by atoms with Crippen molar-refractivity contribution in [2.24, 2.45) is 4.99 Å². The zero-order chi connectivity index (χ0) is 17.5. The number of aromatic hydroxyl groups is 1. The molecule has 3 aromatic carbocycles. The molecule has 0 aliphatic carbocycles. The van der Waals surface area contributed by atoms with Crippen LogP contribution in [0.2, 0.25) is 0 Å². The Morgan fingerprint density at radius 1 is 0.917 bits per heavy atom. The van der Waals surface area contributed by atoms with Crippen LogP contribution in [0.15, 0.2) is 59.6 Å². The third kappa shape index (κ3) is 4.61. The fourth-order valence-corrected chi connectivity index (χ4v) is 2.52. The first-order valence-corrected chi connectivity index (χ1v) is 11.7. The van der Waals surface area contributed by atoms with E-state index in [2.05, 4.69) is 4.99 Å². The minimum atomic E-state index is -0.556. The number of rotatable bonds is 2. The second kappa shape index (κ2) is 9.24. The summed E-state index contributed by atoms with van der Waals surface area (Å²) in [6, 6.07) is 17.8. The molecule has 2 nitrogen and oxygen atoms in total. The Kier molecular flexibility index (Phi) is 7.32. The van der Waals surface area contributed by atoms with Crippen LogP contribution in [-0.2, 0) is 17.0 Å². The Morgan fingerprint density at radius 3 is 2.21 bits per heavy atom. The van der Waals surface area contributed by atoms with E-state index in [1.165, 1.54) is 0 Å². The maximum atomic E-state index is 10.4. The SMILES string of the molecule is Cc1cccc(C)c1N=Cc1ccc2ccccc2c1O.[Cl][Ti][Cl]. The fraction of sp³-hybridized carbons (Fsp3) is 0.105. The van der Waals surface area contributed by atoms with Gasteiger partial charge in [-0.1, -0.05) is 48.5 Å². The predicted molar refractivity (Wildman–Crippen MR) is 100 cm³/mol. The first-order chi connectivity index (χ1) is 11.6. The summed E-state index contributed by atoms with van der Waals surface area (Å²) in [5.74, 6) is 0.281. The second-order valence-electron chi connectivity index (χ2n) is 5.29. The van der Waals surface area contributed by atoms with Crippen molar-refractivity contribution in [3.63, 3.8) is 0 Å². The van der Waals surface area contributed by atoms with E-state index in [0.717, 1.165) is 33.2 Å². The summed E-state index contributed by atoms with van der Waals surface area (Å²) in [5, 5.41) is 12.3. The Balaban J connectivity index is 0.000000647. The van der Waals surface area contributed by atoms with E-state index in [1.807, 2.05) is 68.4 Å². The van der Waals surface area contributed by atoms with E-state index in [-0.39, 0.29) is 5.75 Å². The summed E-state index contributed by atoms with van der Waals surface area (Å²) in [5.41, 5.74) is 3.96. The van der Waals surface area contributed by atoms with Gasteiger partial charge in [-0.25, -0.2) is 0 Å². The van der Waals surface area contributed by atoms with E-state index in [1.54, 1.807) is 6.21 Å². The molecular formula is C19H17Cl2NOTi. The van der Waals surface area contributed by atoms with Crippen molar-refractivity contribution in [3.05, 3.63) is 71.3 Å². The molecule has 0 heterocycles. The van der Waals surface area contributed by atoms with Gasteiger partial charge >= 0.3 is 35.6 Å². The molecule has 0 amide bonds. The van der Waals surface area contributed by atoms with Crippen LogP contribution < -0.4 is 0 Å². The van der Waals surface area contributed by atoms with Gasteiger partial charge in [-0.05, 0) is 36.4 Å². The average Bonchev–Trinajstić information content (AvgIpc) is 2.57. The molecule has 0 radical (unpaired) electrons. The summed E-state index contributed by atoms with van der Waals surface area (Å²) in [7, 11) is 9.78. The zero-order valence-electron chi connectivity index (χ0n) is 13.4. The van der Waals surface area contributed by atoms with Gasteiger partial charge in [-0.15, -0.1) is 0 Å². The molecule has 24 heavy (non-hydrogen) atoms. The number of phenols is 1. The van der Waals surface area contributed by atoms with Crippen molar-refractivity contribution >= 4 is 41.3 Å². The molecule has 0 aliphatic heterocycles. The second-order valence-corrected chi connectivity index (χ2v) is 7.87. The van der Waals surface area contributed by atoms with Crippen LogP contribution >= 0.6 is 18.6 Å². The van der Waals surface area contributed by atoms with E-state index >= 15 is 0 Å². The number of aliphatic imine (C=N–C) groups is 1. The summed E-state index contributed by atoms with van der Waals surface area (Å²) in [6.45, 7) is 4.08. The third-order valence-electron chi connectivity index (χ3n) is 3.70. The molecule has 0 atom stereocenters. The van der Waals surface area contributed by atoms with E-state index in [4.69, 9.17) is 18.6 Å². The first kappa shape index (κ1) is 19.0. The molecule has 0 aliphatic rings. The van der Waals surface area contributed by atoms with Crippen LogP contribution in [0.4, 0.5) is 5.69 Å². The molecule has 5 heteroatoms. The molecule has 3 rings (SSSR count). The molecule has 0 saturated carbocycles. The summed E-state index contributed by atoms with van der Waals surface area (Å²) < 4.78 is 0. The predicted octanol–water partition coefficient (Wildman–Crippen LogP) is 6.29. The number of hydrogen-bond donors (Lipinski definition) is 1. The number of aryl methyl sites for hydroxylation is 2. The summed E-state index contributed by atoms with van der Waals surface area (Å²) in [4.78, 5) is 4.56. The van der Waals surface area contributed by atoms with Crippen molar-refractivity contribution in [1.82, 2.24) is 0 Å². The average molecular weight is 394 g/mol. The van der Waals surface area contributed by atoms with E-state index < -0.39 is 17.0 Å². The van der Waals surface area contributed by atoms with Crippen LogP contribution in [0.1, 0.15) is 16.7 Å². The number of para-hydroxylation sites is 1. The van der Waals surface area contributed by atoms with Crippen molar-refractivity contribution in [2.75, 3.05) is 0 Å². The molecule has 0 unspecified atom stereocenters. The van der Waals surface area contributed by atoms with Crippen LogP contribution in [-0.4, -0.2) is 11.3 Å². The first-order valence-electron chi connectivity index (χ1n) is 7.35. The molecule has 0 spiro atoms. The fourth-order valence-electron chi connectivity index (χ4n) is 2.52. The number of hydrogen-bond acceptors (Lipinski definition) is 2. The topological polar surface area (TPSA) is 32.6 Å². The van der Waals surface area contributed by atoms with E-state index in [9.17, 15) is 5.11 Å². The Morgan fingerprint density at radius 2 is 1.54 bits per heavy atom. The number of benzene rings is 3. The van der Waals surface area contributed by atoms with Gasteiger partial charge in [-0.2, -0.15) is 0 Å². The van der Waals surface area contributed by atoms with Gasteiger partial charge in [0.1, 0.15) is 5.75 Å². The molecular weight excluding hydrogens is 377 g/mol. The summed E-state index contributed by atoms with van der Waals surface area (Å²) in [6.07, 6.45) is 1.73.